The highest BCUT2D eigenvalue weighted by molar-refractivity contribution is 7.89. The molecule has 0 atom stereocenters. The van der Waals surface area contributed by atoms with Crippen molar-refractivity contribution in [1.29, 1.82) is 0 Å². The number of anilines is 1. The van der Waals surface area contributed by atoms with Crippen LogP contribution in [0.4, 0.5) is 18.9 Å². The van der Waals surface area contributed by atoms with Gasteiger partial charge in [0.25, 0.3) is 0 Å². The Hall–Kier alpha value is -2.26. The first kappa shape index (κ1) is 18.5. The van der Waals surface area contributed by atoms with Crippen LogP contribution in [0.5, 0.6) is 5.75 Å². The molecule has 2 aromatic rings. The molecule has 0 aromatic heterocycles. The van der Waals surface area contributed by atoms with Crippen molar-refractivity contribution in [3.8, 4) is 5.75 Å². The lowest BCUT2D eigenvalue weighted by Crippen LogP contribution is -2.34. The number of fused-ring (bicyclic) bond motifs is 1. The van der Waals surface area contributed by atoms with E-state index in [2.05, 4.69) is 14.4 Å². The summed E-state index contributed by atoms with van der Waals surface area (Å²) in [6, 6.07) is 12.0. The fourth-order valence-corrected chi connectivity index (χ4v) is 3.88. The molecule has 140 valence electrons. The van der Waals surface area contributed by atoms with Gasteiger partial charge in [-0.15, -0.1) is 13.2 Å². The van der Waals surface area contributed by atoms with Crippen LogP contribution in [-0.2, 0) is 16.4 Å². The number of sulfonamides is 1. The molecule has 1 heterocycles. The second kappa shape index (κ2) is 7.16. The van der Waals surface area contributed by atoms with Crippen LogP contribution in [0.25, 0.3) is 0 Å². The molecule has 0 saturated carbocycles. The van der Waals surface area contributed by atoms with Gasteiger partial charge in [-0.3, -0.25) is 0 Å². The van der Waals surface area contributed by atoms with Crippen LogP contribution in [-0.4, -0.2) is 34.4 Å². The summed E-state index contributed by atoms with van der Waals surface area (Å²) >= 11 is 0. The number of para-hydroxylation sites is 1. The molecule has 3 rings (SSSR count). The van der Waals surface area contributed by atoms with Crippen molar-refractivity contribution in [2.45, 2.75) is 17.7 Å². The maximum Gasteiger partial charge on any atom is 0.573 e. The van der Waals surface area contributed by atoms with Gasteiger partial charge >= 0.3 is 6.36 Å². The van der Waals surface area contributed by atoms with Crippen molar-refractivity contribution in [1.82, 2.24) is 4.72 Å². The number of benzene rings is 2. The van der Waals surface area contributed by atoms with Crippen molar-refractivity contribution < 1.29 is 26.3 Å². The zero-order valence-corrected chi connectivity index (χ0v) is 14.5. The van der Waals surface area contributed by atoms with E-state index in [1.807, 2.05) is 24.3 Å². The largest absolute Gasteiger partial charge is 0.573 e. The molecule has 1 aliphatic heterocycles. The van der Waals surface area contributed by atoms with E-state index in [1.165, 1.54) is 5.56 Å². The minimum absolute atomic E-state index is 0.117. The van der Waals surface area contributed by atoms with Gasteiger partial charge in [0, 0.05) is 25.3 Å². The number of hydrogen-bond acceptors (Lipinski definition) is 4. The summed E-state index contributed by atoms with van der Waals surface area (Å²) in [5, 5.41) is 0. The van der Waals surface area contributed by atoms with E-state index in [-0.39, 0.29) is 11.4 Å². The molecule has 0 amide bonds. The van der Waals surface area contributed by atoms with E-state index in [4.69, 9.17) is 0 Å². The normalized spacial score (nSPS) is 14.3. The number of nitrogens with one attached hydrogen (secondary N) is 1. The van der Waals surface area contributed by atoms with Gasteiger partial charge in [0.1, 0.15) is 5.75 Å². The molecule has 0 fully saturated rings. The summed E-state index contributed by atoms with van der Waals surface area (Å²) in [7, 11) is -3.80. The molecular formula is C17H17F3N2O3S. The second-order valence-electron chi connectivity index (χ2n) is 5.78. The first-order valence-corrected chi connectivity index (χ1v) is 9.41. The lowest BCUT2D eigenvalue weighted by atomic mass is 10.2. The maximum atomic E-state index is 12.3. The van der Waals surface area contributed by atoms with E-state index < -0.39 is 22.1 Å². The van der Waals surface area contributed by atoms with Crippen molar-refractivity contribution in [2.75, 3.05) is 24.5 Å². The average Bonchev–Trinajstić information content (AvgIpc) is 2.97. The molecule has 0 saturated heterocycles. The molecule has 9 heteroatoms. The molecular weight excluding hydrogens is 369 g/mol. The van der Waals surface area contributed by atoms with Gasteiger partial charge in [-0.05, 0) is 42.3 Å². The van der Waals surface area contributed by atoms with Gasteiger partial charge in [-0.1, -0.05) is 18.2 Å². The molecule has 0 bridgehead atoms. The van der Waals surface area contributed by atoms with Gasteiger partial charge in [-0.2, -0.15) is 0 Å². The van der Waals surface area contributed by atoms with Crippen molar-refractivity contribution in [3.05, 3.63) is 54.1 Å². The molecule has 26 heavy (non-hydrogen) atoms. The Kier molecular flexibility index (Phi) is 5.10. The number of halogens is 3. The summed E-state index contributed by atoms with van der Waals surface area (Å²) in [5.41, 5.74) is 2.33. The number of ether oxygens (including phenoxy) is 1. The Balaban J connectivity index is 1.58. The van der Waals surface area contributed by atoms with Gasteiger partial charge in [0.15, 0.2) is 0 Å². The van der Waals surface area contributed by atoms with Crippen molar-refractivity contribution in [2.24, 2.45) is 0 Å². The molecule has 0 unspecified atom stereocenters. The number of nitrogens with zero attached hydrogens (tertiary/aromatic N) is 1. The molecule has 2 aromatic carbocycles. The smallest absolute Gasteiger partial charge is 0.406 e. The van der Waals surface area contributed by atoms with Crippen molar-refractivity contribution >= 4 is 15.7 Å². The van der Waals surface area contributed by atoms with Crippen LogP contribution < -0.4 is 14.4 Å². The monoisotopic (exact) mass is 386 g/mol. The Morgan fingerprint density at radius 1 is 1.08 bits per heavy atom. The van der Waals surface area contributed by atoms with Crippen LogP contribution in [0.15, 0.2) is 53.4 Å². The third-order valence-electron chi connectivity index (χ3n) is 4.02. The average molecular weight is 386 g/mol. The summed E-state index contributed by atoms with van der Waals surface area (Å²) in [4.78, 5) is 1.98. The third-order valence-corrected chi connectivity index (χ3v) is 5.50. The fraction of sp³-hybridized carbons (Fsp3) is 0.294. The van der Waals surface area contributed by atoms with E-state index in [9.17, 15) is 21.6 Å². The second-order valence-corrected chi connectivity index (χ2v) is 7.55. The van der Waals surface area contributed by atoms with Gasteiger partial charge in [-0.25, -0.2) is 13.1 Å². The zero-order chi connectivity index (χ0) is 18.8. The minimum Gasteiger partial charge on any atom is -0.406 e. The highest BCUT2D eigenvalue weighted by Gasteiger charge is 2.31. The molecule has 1 aliphatic rings. The summed E-state index contributed by atoms with van der Waals surface area (Å²) in [6.45, 7) is 1.52. The lowest BCUT2D eigenvalue weighted by Gasteiger charge is -2.19. The number of rotatable bonds is 6. The summed E-state index contributed by atoms with van der Waals surface area (Å²) in [5.74, 6) is -0.467. The maximum absolute atomic E-state index is 12.3. The third kappa shape index (κ3) is 4.47. The fourth-order valence-electron chi connectivity index (χ4n) is 2.86. The van der Waals surface area contributed by atoms with Crippen LogP contribution in [0, 0.1) is 0 Å². The summed E-state index contributed by atoms with van der Waals surface area (Å²) < 4.78 is 67.1. The number of alkyl halides is 3. The SMILES string of the molecule is O=S(=O)(NCCN1CCc2ccccc21)c1ccc(OC(F)(F)F)cc1. The van der Waals surface area contributed by atoms with Crippen LogP contribution >= 0.6 is 0 Å². The summed E-state index contributed by atoms with van der Waals surface area (Å²) in [6.07, 6.45) is -3.89. The van der Waals surface area contributed by atoms with Crippen LogP contribution in [0.3, 0.4) is 0 Å². The molecule has 0 radical (unpaired) electrons. The lowest BCUT2D eigenvalue weighted by molar-refractivity contribution is -0.274. The van der Waals surface area contributed by atoms with E-state index in [1.54, 1.807) is 0 Å². The Labute approximate surface area is 149 Å². The molecule has 0 aliphatic carbocycles. The first-order valence-electron chi connectivity index (χ1n) is 7.93. The highest BCUT2D eigenvalue weighted by Crippen LogP contribution is 2.27. The van der Waals surface area contributed by atoms with E-state index in [0.717, 1.165) is 42.9 Å². The first-order chi connectivity index (χ1) is 12.2. The minimum atomic E-state index is -4.81. The Morgan fingerprint density at radius 3 is 2.46 bits per heavy atom. The molecule has 5 nitrogen and oxygen atoms in total. The van der Waals surface area contributed by atoms with Crippen LogP contribution in [0.1, 0.15) is 5.56 Å². The highest BCUT2D eigenvalue weighted by atomic mass is 32.2. The number of hydrogen-bond donors (Lipinski definition) is 1. The quantitative estimate of drug-likeness (QED) is 0.830. The standard InChI is InChI=1S/C17H17F3N2O3S/c18-17(19,20)25-14-5-7-15(8-6-14)26(23,24)21-10-12-22-11-9-13-3-1-2-4-16(13)22/h1-8,21H,9-12H2. The van der Waals surface area contributed by atoms with Crippen LogP contribution in [0.2, 0.25) is 0 Å². The van der Waals surface area contributed by atoms with E-state index >= 15 is 0 Å². The predicted molar refractivity (Wildman–Crippen MR) is 90.7 cm³/mol. The zero-order valence-electron chi connectivity index (χ0n) is 13.7. The van der Waals surface area contributed by atoms with E-state index in [0.29, 0.717) is 6.54 Å². The Bertz CT molecular complexity index is 868. The Morgan fingerprint density at radius 2 is 1.77 bits per heavy atom. The van der Waals surface area contributed by atoms with Gasteiger partial charge in [0.2, 0.25) is 10.0 Å². The van der Waals surface area contributed by atoms with Gasteiger partial charge < -0.3 is 9.64 Å². The molecule has 0 spiro atoms. The molecule has 1 N–H and O–H groups in total. The predicted octanol–water partition coefficient (Wildman–Crippen LogP) is 2.93. The van der Waals surface area contributed by atoms with Gasteiger partial charge in [0.05, 0.1) is 4.90 Å². The van der Waals surface area contributed by atoms with Crippen molar-refractivity contribution in [3.63, 3.8) is 0 Å². The topological polar surface area (TPSA) is 58.6 Å².